The van der Waals surface area contributed by atoms with Gasteiger partial charge in [-0.05, 0) is 19.1 Å². The summed E-state index contributed by atoms with van der Waals surface area (Å²) in [6, 6.07) is 9.03. The Morgan fingerprint density at radius 1 is 1.23 bits per heavy atom. The lowest BCUT2D eigenvalue weighted by Crippen LogP contribution is -2.36. The van der Waals surface area contributed by atoms with E-state index in [9.17, 15) is 9.59 Å². The number of aromatic nitrogens is 2. The average molecular weight is 315 g/mol. The second kappa shape index (κ2) is 6.02. The van der Waals surface area contributed by atoms with Crippen molar-refractivity contribution in [1.82, 2.24) is 10.2 Å². The second-order valence-corrected chi connectivity index (χ2v) is 5.85. The van der Waals surface area contributed by atoms with Crippen LogP contribution in [0.1, 0.15) is 17.8 Å². The van der Waals surface area contributed by atoms with Crippen molar-refractivity contribution in [3.05, 3.63) is 35.3 Å². The Kier molecular flexibility index (Phi) is 3.92. The van der Waals surface area contributed by atoms with Crippen LogP contribution in [-0.4, -0.2) is 27.7 Å². The van der Waals surface area contributed by atoms with Gasteiger partial charge in [-0.1, -0.05) is 29.5 Å². The number of para-hydroxylation sites is 1. The fraction of sp³-hybridized carbons (Fsp3) is 0.214. The Bertz CT molecular complexity index is 741. The van der Waals surface area contributed by atoms with E-state index in [2.05, 4.69) is 20.6 Å². The number of hydrogen-bond acceptors (Lipinski definition) is 6. The van der Waals surface area contributed by atoms with Crippen molar-refractivity contribution in [3.63, 3.8) is 0 Å². The first-order valence-corrected chi connectivity index (χ1v) is 7.52. The largest absolute Gasteiger partial charge is 0.295 e. The number of anilines is 2. The van der Waals surface area contributed by atoms with Crippen LogP contribution in [0.4, 0.5) is 10.8 Å². The Morgan fingerprint density at radius 3 is 2.68 bits per heavy atom. The van der Waals surface area contributed by atoms with Crippen molar-refractivity contribution < 1.29 is 9.59 Å². The predicted molar refractivity (Wildman–Crippen MR) is 83.9 cm³/mol. The van der Waals surface area contributed by atoms with E-state index in [1.165, 1.54) is 16.3 Å². The van der Waals surface area contributed by atoms with Crippen LogP contribution in [0, 0.1) is 6.92 Å². The lowest BCUT2D eigenvalue weighted by Gasteiger charge is -2.22. The summed E-state index contributed by atoms with van der Waals surface area (Å²) in [5.74, 6) is -0.487. The maximum Gasteiger partial charge on any atom is 0.273 e. The topological polar surface area (TPSA) is 87.6 Å². The van der Waals surface area contributed by atoms with E-state index in [-0.39, 0.29) is 18.2 Å². The van der Waals surface area contributed by atoms with Gasteiger partial charge < -0.3 is 0 Å². The van der Waals surface area contributed by atoms with Crippen molar-refractivity contribution in [2.75, 3.05) is 10.3 Å². The van der Waals surface area contributed by atoms with Gasteiger partial charge in [-0.25, -0.2) is 5.01 Å². The van der Waals surface area contributed by atoms with E-state index in [0.29, 0.717) is 23.0 Å². The fourth-order valence-electron chi connectivity index (χ4n) is 2.00. The normalized spacial score (nSPS) is 14.7. The van der Waals surface area contributed by atoms with Crippen molar-refractivity contribution in [1.29, 1.82) is 0 Å². The molecule has 8 heteroatoms. The number of carbonyl (C=O) groups is 2. The zero-order valence-corrected chi connectivity index (χ0v) is 12.6. The van der Waals surface area contributed by atoms with Crippen LogP contribution in [-0.2, 0) is 9.59 Å². The summed E-state index contributed by atoms with van der Waals surface area (Å²) in [7, 11) is 0. The first-order valence-electron chi connectivity index (χ1n) is 6.70. The molecule has 0 bridgehead atoms. The van der Waals surface area contributed by atoms with Gasteiger partial charge in [-0.15, -0.1) is 10.2 Å². The minimum Gasteiger partial charge on any atom is -0.295 e. The zero-order chi connectivity index (χ0) is 15.5. The molecule has 112 valence electrons. The van der Waals surface area contributed by atoms with Gasteiger partial charge in [0.2, 0.25) is 11.0 Å². The number of carbonyl (C=O) groups excluding carboxylic acids is 2. The number of hydrogen-bond donors (Lipinski definition) is 1. The molecule has 0 saturated heterocycles. The quantitative estimate of drug-likeness (QED) is 0.938. The van der Waals surface area contributed by atoms with Crippen LogP contribution in [0.2, 0.25) is 0 Å². The number of amides is 2. The molecule has 3 rings (SSSR count). The van der Waals surface area contributed by atoms with Crippen molar-refractivity contribution in [2.24, 2.45) is 5.10 Å². The van der Waals surface area contributed by atoms with E-state index in [1.54, 1.807) is 19.1 Å². The summed E-state index contributed by atoms with van der Waals surface area (Å²) in [4.78, 5) is 24.2. The van der Waals surface area contributed by atoms with Crippen molar-refractivity contribution in [2.45, 2.75) is 19.8 Å². The molecule has 0 unspecified atom stereocenters. The molecule has 0 atom stereocenters. The van der Waals surface area contributed by atoms with Gasteiger partial charge >= 0.3 is 0 Å². The zero-order valence-electron chi connectivity index (χ0n) is 11.8. The maximum absolute atomic E-state index is 12.2. The van der Waals surface area contributed by atoms with Gasteiger partial charge in [0, 0.05) is 12.8 Å². The molecule has 1 aliphatic heterocycles. The highest BCUT2D eigenvalue weighted by atomic mass is 32.1. The Balaban J connectivity index is 1.81. The van der Waals surface area contributed by atoms with Crippen LogP contribution in [0.5, 0.6) is 0 Å². The van der Waals surface area contributed by atoms with E-state index < -0.39 is 0 Å². The van der Waals surface area contributed by atoms with Crippen LogP contribution in [0.15, 0.2) is 35.4 Å². The van der Waals surface area contributed by atoms with Gasteiger partial charge in [-0.2, -0.15) is 5.10 Å². The third kappa shape index (κ3) is 3.01. The number of hydrazone groups is 1. The van der Waals surface area contributed by atoms with E-state index >= 15 is 0 Å². The minimum atomic E-state index is -0.357. The molecule has 1 aromatic heterocycles. The van der Waals surface area contributed by atoms with Gasteiger partial charge in [0.05, 0.1) is 5.69 Å². The summed E-state index contributed by atoms with van der Waals surface area (Å²) in [6.07, 6.45) is 0.558. The van der Waals surface area contributed by atoms with Gasteiger partial charge in [-0.3, -0.25) is 14.9 Å². The van der Waals surface area contributed by atoms with Crippen molar-refractivity contribution in [3.8, 4) is 0 Å². The molecule has 0 radical (unpaired) electrons. The highest BCUT2D eigenvalue weighted by molar-refractivity contribution is 7.15. The predicted octanol–water partition coefficient (Wildman–Crippen LogP) is 1.97. The molecule has 1 N–H and O–H groups in total. The van der Waals surface area contributed by atoms with Gasteiger partial charge in [0.15, 0.2) is 0 Å². The standard InChI is InChI=1S/C14H13N5O2S/c1-9-16-17-14(22-9)15-13(21)11-7-8-12(20)19(18-11)10-5-3-2-4-6-10/h2-6H,7-8H2,1H3,(H,15,17,21). The Hall–Kier alpha value is -2.61. The monoisotopic (exact) mass is 315 g/mol. The summed E-state index contributed by atoms with van der Waals surface area (Å²) in [5.41, 5.74) is 0.945. The van der Waals surface area contributed by atoms with E-state index in [1.807, 2.05) is 18.2 Å². The summed E-state index contributed by atoms with van der Waals surface area (Å²) in [6.45, 7) is 1.81. The fourth-order valence-corrected chi connectivity index (χ4v) is 2.59. The molecule has 7 nitrogen and oxygen atoms in total. The highest BCUT2D eigenvalue weighted by Gasteiger charge is 2.25. The van der Waals surface area contributed by atoms with Crippen LogP contribution >= 0.6 is 11.3 Å². The van der Waals surface area contributed by atoms with Crippen molar-refractivity contribution >= 4 is 39.7 Å². The SMILES string of the molecule is Cc1nnc(NC(=O)C2=NN(c3ccccc3)C(=O)CC2)s1. The molecule has 0 aliphatic carbocycles. The number of nitrogens with one attached hydrogen (secondary N) is 1. The molecule has 2 heterocycles. The number of benzene rings is 1. The first-order chi connectivity index (χ1) is 10.6. The Morgan fingerprint density at radius 2 is 2.00 bits per heavy atom. The lowest BCUT2D eigenvalue weighted by molar-refractivity contribution is -0.118. The lowest BCUT2D eigenvalue weighted by atomic mass is 10.1. The molecule has 22 heavy (non-hydrogen) atoms. The number of aryl methyl sites for hydroxylation is 1. The maximum atomic E-state index is 12.2. The van der Waals surface area contributed by atoms with E-state index in [4.69, 9.17) is 0 Å². The smallest absolute Gasteiger partial charge is 0.273 e. The molecular weight excluding hydrogens is 302 g/mol. The minimum absolute atomic E-state index is 0.130. The third-order valence-corrected chi connectivity index (χ3v) is 3.80. The van der Waals surface area contributed by atoms with Crippen LogP contribution in [0.25, 0.3) is 0 Å². The molecule has 0 fully saturated rings. The van der Waals surface area contributed by atoms with E-state index in [0.717, 1.165) is 5.01 Å². The van der Waals surface area contributed by atoms with Gasteiger partial charge in [0.1, 0.15) is 10.7 Å². The highest BCUT2D eigenvalue weighted by Crippen LogP contribution is 2.20. The molecule has 1 aliphatic rings. The average Bonchev–Trinajstić information content (AvgIpc) is 2.93. The third-order valence-electron chi connectivity index (χ3n) is 3.04. The molecule has 0 saturated carbocycles. The molecule has 2 amide bonds. The van der Waals surface area contributed by atoms with Crippen LogP contribution < -0.4 is 10.3 Å². The molecule has 0 spiro atoms. The Labute approximate surface area is 130 Å². The molecule has 2 aromatic rings. The first kappa shape index (κ1) is 14.3. The number of rotatable bonds is 3. The summed E-state index contributed by atoms with van der Waals surface area (Å²) < 4.78 is 0. The summed E-state index contributed by atoms with van der Waals surface area (Å²) >= 11 is 1.29. The molecule has 1 aromatic carbocycles. The number of nitrogens with zero attached hydrogens (tertiary/aromatic N) is 4. The second-order valence-electron chi connectivity index (χ2n) is 4.67. The van der Waals surface area contributed by atoms with Crippen LogP contribution in [0.3, 0.4) is 0 Å². The summed E-state index contributed by atoms with van der Waals surface area (Å²) in [5, 5.41) is 17.0. The molecular formula is C14H13N5O2S. The van der Waals surface area contributed by atoms with Gasteiger partial charge in [0.25, 0.3) is 5.91 Å².